The Balaban J connectivity index is 2.07. The Kier molecular flexibility index (Phi) is 3.21. The fourth-order valence-electron chi connectivity index (χ4n) is 1.95. The molecule has 2 N–H and O–H groups in total. The molecule has 1 aromatic carbocycles. The highest BCUT2D eigenvalue weighted by molar-refractivity contribution is 5.29. The van der Waals surface area contributed by atoms with E-state index in [4.69, 9.17) is 10.5 Å². The second-order valence-electron chi connectivity index (χ2n) is 3.99. The lowest BCUT2D eigenvalue weighted by Gasteiger charge is -2.13. The molecule has 1 saturated carbocycles. The number of rotatable bonds is 3. The number of benzene rings is 1. The number of nitrogens with two attached hydrogens (primary N) is 1. The lowest BCUT2D eigenvalue weighted by molar-refractivity contribution is 0.200. The van der Waals surface area contributed by atoms with Crippen LogP contribution in [0.25, 0.3) is 0 Å². The molecule has 1 aliphatic carbocycles. The van der Waals surface area contributed by atoms with Crippen molar-refractivity contribution in [3.05, 3.63) is 29.6 Å². The van der Waals surface area contributed by atoms with Crippen LogP contribution in [-0.4, -0.2) is 6.10 Å². The van der Waals surface area contributed by atoms with Crippen LogP contribution in [-0.2, 0) is 6.54 Å². The van der Waals surface area contributed by atoms with Crippen LogP contribution in [0.1, 0.15) is 31.2 Å². The Labute approximate surface area is 89.2 Å². The number of hydrogen-bond donors (Lipinski definition) is 1. The number of halogens is 1. The van der Waals surface area contributed by atoms with Gasteiger partial charge in [0, 0.05) is 6.54 Å². The van der Waals surface area contributed by atoms with Gasteiger partial charge in [0.2, 0.25) is 0 Å². The number of hydrogen-bond acceptors (Lipinski definition) is 2. The van der Waals surface area contributed by atoms with Gasteiger partial charge in [-0.25, -0.2) is 4.39 Å². The third kappa shape index (κ3) is 2.48. The molecule has 1 aliphatic rings. The lowest BCUT2D eigenvalue weighted by Crippen LogP contribution is -2.12. The standard InChI is InChI=1S/C12H16FNO/c13-11-7-9(8-14)5-6-12(11)15-10-3-1-2-4-10/h5-7,10H,1-4,8,14H2. The molecule has 0 heterocycles. The van der Waals surface area contributed by atoms with Gasteiger partial charge in [0.15, 0.2) is 11.6 Å². The Morgan fingerprint density at radius 1 is 1.33 bits per heavy atom. The van der Waals surface area contributed by atoms with Gasteiger partial charge in [-0.05, 0) is 43.4 Å². The van der Waals surface area contributed by atoms with Gasteiger partial charge in [-0.3, -0.25) is 0 Å². The van der Waals surface area contributed by atoms with E-state index in [1.165, 1.54) is 18.9 Å². The smallest absolute Gasteiger partial charge is 0.165 e. The van der Waals surface area contributed by atoms with Gasteiger partial charge in [-0.2, -0.15) is 0 Å². The molecule has 0 saturated heterocycles. The van der Waals surface area contributed by atoms with Crippen molar-refractivity contribution >= 4 is 0 Å². The van der Waals surface area contributed by atoms with Crippen molar-refractivity contribution in [2.24, 2.45) is 5.73 Å². The number of ether oxygens (including phenoxy) is 1. The fraction of sp³-hybridized carbons (Fsp3) is 0.500. The van der Waals surface area contributed by atoms with E-state index in [0.717, 1.165) is 18.4 Å². The van der Waals surface area contributed by atoms with Crippen LogP contribution in [0.15, 0.2) is 18.2 Å². The normalized spacial score (nSPS) is 16.9. The van der Waals surface area contributed by atoms with E-state index in [0.29, 0.717) is 12.3 Å². The summed E-state index contributed by atoms with van der Waals surface area (Å²) in [5.41, 5.74) is 6.22. The zero-order chi connectivity index (χ0) is 10.7. The van der Waals surface area contributed by atoms with Crippen LogP contribution in [0.3, 0.4) is 0 Å². The SMILES string of the molecule is NCc1ccc(OC2CCCC2)c(F)c1. The molecule has 0 aromatic heterocycles. The predicted molar refractivity (Wildman–Crippen MR) is 57.2 cm³/mol. The van der Waals surface area contributed by atoms with Gasteiger partial charge in [-0.15, -0.1) is 0 Å². The summed E-state index contributed by atoms with van der Waals surface area (Å²) < 4.78 is 19.1. The van der Waals surface area contributed by atoms with Crippen molar-refractivity contribution in [3.8, 4) is 5.75 Å². The highest BCUT2D eigenvalue weighted by Gasteiger charge is 2.17. The predicted octanol–water partition coefficient (Wildman–Crippen LogP) is 2.61. The molecule has 2 rings (SSSR count). The van der Waals surface area contributed by atoms with Crippen molar-refractivity contribution in [2.75, 3.05) is 0 Å². The summed E-state index contributed by atoms with van der Waals surface area (Å²) in [6.45, 7) is 0.362. The van der Waals surface area contributed by atoms with Crippen molar-refractivity contribution in [1.82, 2.24) is 0 Å². The molecule has 82 valence electrons. The van der Waals surface area contributed by atoms with Crippen molar-refractivity contribution in [2.45, 2.75) is 38.3 Å². The van der Waals surface area contributed by atoms with E-state index in [9.17, 15) is 4.39 Å². The van der Waals surface area contributed by atoms with Crippen LogP contribution >= 0.6 is 0 Å². The first-order valence-electron chi connectivity index (χ1n) is 5.45. The van der Waals surface area contributed by atoms with Gasteiger partial charge >= 0.3 is 0 Å². The average Bonchev–Trinajstić information content (AvgIpc) is 2.74. The third-order valence-corrected chi connectivity index (χ3v) is 2.83. The summed E-state index contributed by atoms with van der Waals surface area (Å²) in [4.78, 5) is 0. The van der Waals surface area contributed by atoms with Gasteiger partial charge in [-0.1, -0.05) is 6.07 Å². The summed E-state index contributed by atoms with van der Waals surface area (Å²) in [5, 5.41) is 0. The molecule has 0 spiro atoms. The Bertz CT molecular complexity index is 334. The molecule has 0 unspecified atom stereocenters. The van der Waals surface area contributed by atoms with E-state index in [2.05, 4.69) is 0 Å². The molecule has 1 aromatic rings. The third-order valence-electron chi connectivity index (χ3n) is 2.83. The van der Waals surface area contributed by atoms with Crippen molar-refractivity contribution < 1.29 is 9.13 Å². The highest BCUT2D eigenvalue weighted by atomic mass is 19.1. The minimum absolute atomic E-state index is 0.197. The van der Waals surface area contributed by atoms with Gasteiger partial charge in [0.1, 0.15) is 0 Å². The van der Waals surface area contributed by atoms with Crippen molar-refractivity contribution in [3.63, 3.8) is 0 Å². The topological polar surface area (TPSA) is 35.2 Å². The van der Waals surface area contributed by atoms with Gasteiger partial charge in [0.05, 0.1) is 6.10 Å². The van der Waals surface area contributed by atoms with Crippen LogP contribution < -0.4 is 10.5 Å². The summed E-state index contributed by atoms with van der Waals surface area (Å²) in [7, 11) is 0. The van der Waals surface area contributed by atoms with Crippen LogP contribution in [0, 0.1) is 5.82 Å². The molecular formula is C12H16FNO. The minimum atomic E-state index is -0.301. The van der Waals surface area contributed by atoms with Gasteiger partial charge in [0.25, 0.3) is 0 Å². The first-order valence-corrected chi connectivity index (χ1v) is 5.45. The van der Waals surface area contributed by atoms with Gasteiger partial charge < -0.3 is 10.5 Å². The molecule has 0 bridgehead atoms. The summed E-state index contributed by atoms with van der Waals surface area (Å²) in [6.07, 6.45) is 4.65. The van der Waals surface area contributed by atoms with Crippen LogP contribution in [0.5, 0.6) is 5.75 Å². The highest BCUT2D eigenvalue weighted by Crippen LogP contribution is 2.26. The Morgan fingerprint density at radius 3 is 2.67 bits per heavy atom. The van der Waals surface area contributed by atoms with E-state index in [1.54, 1.807) is 6.07 Å². The maximum atomic E-state index is 13.5. The van der Waals surface area contributed by atoms with Crippen LogP contribution in [0.4, 0.5) is 4.39 Å². The molecule has 15 heavy (non-hydrogen) atoms. The van der Waals surface area contributed by atoms with Crippen LogP contribution in [0.2, 0.25) is 0 Å². The quantitative estimate of drug-likeness (QED) is 0.830. The zero-order valence-electron chi connectivity index (χ0n) is 8.71. The van der Waals surface area contributed by atoms with Crippen molar-refractivity contribution in [1.29, 1.82) is 0 Å². The summed E-state index contributed by atoms with van der Waals surface area (Å²) >= 11 is 0. The molecular weight excluding hydrogens is 193 g/mol. The summed E-state index contributed by atoms with van der Waals surface area (Å²) in [6, 6.07) is 4.94. The van der Waals surface area contributed by atoms with E-state index in [1.807, 2.05) is 6.07 Å². The monoisotopic (exact) mass is 209 g/mol. The fourth-order valence-corrected chi connectivity index (χ4v) is 1.95. The molecule has 3 heteroatoms. The van der Waals surface area contributed by atoms with E-state index in [-0.39, 0.29) is 11.9 Å². The molecule has 0 atom stereocenters. The summed E-state index contributed by atoms with van der Waals surface area (Å²) in [5.74, 6) is 0.0592. The maximum Gasteiger partial charge on any atom is 0.165 e. The molecule has 0 radical (unpaired) electrons. The minimum Gasteiger partial charge on any atom is -0.487 e. The Hall–Kier alpha value is -1.09. The largest absolute Gasteiger partial charge is 0.487 e. The average molecular weight is 209 g/mol. The second kappa shape index (κ2) is 4.62. The first-order chi connectivity index (χ1) is 7.29. The Morgan fingerprint density at radius 2 is 2.07 bits per heavy atom. The van der Waals surface area contributed by atoms with E-state index >= 15 is 0 Å². The lowest BCUT2D eigenvalue weighted by atomic mass is 10.2. The van der Waals surface area contributed by atoms with E-state index < -0.39 is 0 Å². The molecule has 0 aliphatic heterocycles. The first kappa shape index (κ1) is 10.4. The zero-order valence-corrected chi connectivity index (χ0v) is 8.71. The molecule has 0 amide bonds. The molecule has 1 fully saturated rings. The molecule has 2 nitrogen and oxygen atoms in total. The maximum absolute atomic E-state index is 13.5. The second-order valence-corrected chi connectivity index (χ2v) is 3.99.